The van der Waals surface area contributed by atoms with Crippen LogP contribution >= 0.6 is 0 Å². The largest absolute Gasteiger partial charge is 0.370 e. The third kappa shape index (κ3) is 5.94. The van der Waals surface area contributed by atoms with Crippen LogP contribution in [-0.2, 0) is 11.8 Å². The van der Waals surface area contributed by atoms with Gasteiger partial charge >= 0.3 is 0 Å². The van der Waals surface area contributed by atoms with Crippen LogP contribution in [0.1, 0.15) is 44.8 Å². The zero-order valence-electron chi connectivity index (χ0n) is 17.2. The predicted octanol–water partition coefficient (Wildman–Crippen LogP) is 1.88. The Bertz CT molecular complexity index is 601. The van der Waals surface area contributed by atoms with Crippen molar-refractivity contribution in [3.8, 4) is 0 Å². The van der Waals surface area contributed by atoms with Crippen molar-refractivity contribution in [3.05, 3.63) is 18.0 Å². The predicted molar refractivity (Wildman–Crippen MR) is 109 cm³/mol. The van der Waals surface area contributed by atoms with Gasteiger partial charge < -0.3 is 19.9 Å². The smallest absolute Gasteiger partial charge is 0.194 e. The van der Waals surface area contributed by atoms with Gasteiger partial charge in [-0.25, -0.2) is 0 Å². The van der Waals surface area contributed by atoms with E-state index in [-0.39, 0.29) is 6.10 Å². The van der Waals surface area contributed by atoms with E-state index < -0.39 is 0 Å². The fraction of sp³-hybridized carbons (Fsp3) is 0.800. The van der Waals surface area contributed by atoms with Gasteiger partial charge in [0, 0.05) is 45.0 Å². The molecule has 0 aromatic carbocycles. The normalized spacial score (nSPS) is 25.0. The summed E-state index contributed by atoms with van der Waals surface area (Å²) in [7, 11) is 1.94. The van der Waals surface area contributed by atoms with Gasteiger partial charge in [-0.15, -0.1) is 0 Å². The van der Waals surface area contributed by atoms with Crippen LogP contribution in [0, 0.1) is 5.92 Å². The van der Waals surface area contributed by atoms with Gasteiger partial charge in [-0.05, 0) is 45.2 Å². The number of nitrogens with one attached hydrogen (secondary N) is 1. The van der Waals surface area contributed by atoms with Crippen LogP contribution < -0.4 is 5.32 Å². The molecule has 0 bridgehead atoms. The van der Waals surface area contributed by atoms with Crippen molar-refractivity contribution in [3.63, 3.8) is 0 Å². The Labute approximate surface area is 163 Å². The minimum atomic E-state index is 0.0612. The number of aromatic nitrogens is 2. The number of morpholine rings is 1. The van der Waals surface area contributed by atoms with Crippen molar-refractivity contribution in [2.45, 2.75) is 39.2 Å². The molecule has 2 aliphatic rings. The van der Waals surface area contributed by atoms with Crippen molar-refractivity contribution in [1.82, 2.24) is 24.9 Å². The third-order valence-corrected chi connectivity index (χ3v) is 5.43. The molecule has 1 aromatic heterocycles. The number of aryl methyl sites for hydroxylation is 1. The van der Waals surface area contributed by atoms with E-state index >= 15 is 0 Å². The number of ether oxygens (including phenoxy) is 1. The maximum Gasteiger partial charge on any atom is 0.194 e. The summed E-state index contributed by atoms with van der Waals surface area (Å²) in [6.45, 7) is 12.3. The number of piperidine rings is 1. The quantitative estimate of drug-likeness (QED) is 0.467. The molecule has 27 heavy (non-hydrogen) atoms. The highest BCUT2D eigenvalue weighted by Gasteiger charge is 2.25. The first-order valence-electron chi connectivity index (χ1n) is 10.5. The first kappa shape index (κ1) is 20.1. The molecule has 0 spiro atoms. The van der Waals surface area contributed by atoms with E-state index in [0.29, 0.717) is 0 Å². The zero-order chi connectivity index (χ0) is 19.1. The number of hydrogen-bond donors (Lipinski definition) is 1. The first-order valence-corrected chi connectivity index (χ1v) is 10.5. The maximum atomic E-state index is 5.97. The molecule has 3 heterocycles. The third-order valence-electron chi connectivity index (χ3n) is 5.43. The van der Waals surface area contributed by atoms with Gasteiger partial charge in [-0.3, -0.25) is 9.67 Å². The molecule has 1 aromatic rings. The summed E-state index contributed by atoms with van der Waals surface area (Å²) in [6, 6.07) is 0. The summed E-state index contributed by atoms with van der Waals surface area (Å²) in [5.74, 6) is 1.86. The summed E-state index contributed by atoms with van der Waals surface area (Å²) in [5, 5.41) is 7.74. The lowest BCUT2D eigenvalue weighted by Crippen LogP contribution is -2.48. The van der Waals surface area contributed by atoms with Gasteiger partial charge in [0.15, 0.2) is 5.96 Å². The Kier molecular flexibility index (Phi) is 7.52. The van der Waals surface area contributed by atoms with Crippen LogP contribution in [0.15, 0.2) is 17.4 Å². The number of nitrogens with zero attached hydrogens (tertiary/aromatic N) is 5. The average molecular weight is 377 g/mol. The fourth-order valence-electron chi connectivity index (χ4n) is 4.04. The van der Waals surface area contributed by atoms with E-state index in [0.717, 1.165) is 63.2 Å². The molecule has 0 amide bonds. The van der Waals surface area contributed by atoms with Gasteiger partial charge in [-0.1, -0.05) is 6.92 Å². The summed E-state index contributed by atoms with van der Waals surface area (Å²) in [6.07, 6.45) is 7.85. The van der Waals surface area contributed by atoms with Gasteiger partial charge in [0.2, 0.25) is 0 Å². The molecule has 3 rings (SSSR count). The molecule has 0 saturated carbocycles. The fourth-order valence-corrected chi connectivity index (χ4v) is 4.04. The van der Waals surface area contributed by atoms with Crippen LogP contribution in [0.4, 0.5) is 0 Å². The van der Waals surface area contributed by atoms with E-state index in [1.54, 1.807) is 0 Å². The maximum absolute atomic E-state index is 5.97. The Balaban J connectivity index is 1.51. The monoisotopic (exact) mass is 376 g/mol. The second kappa shape index (κ2) is 10.1. The zero-order valence-corrected chi connectivity index (χ0v) is 17.2. The summed E-state index contributed by atoms with van der Waals surface area (Å²) in [5.41, 5.74) is 1.14. The van der Waals surface area contributed by atoms with Gasteiger partial charge in [0.1, 0.15) is 6.10 Å². The highest BCUT2D eigenvalue weighted by atomic mass is 16.5. The van der Waals surface area contributed by atoms with Crippen LogP contribution in [0.3, 0.4) is 0 Å². The molecule has 7 heteroatoms. The number of hydrogen-bond acceptors (Lipinski definition) is 4. The molecule has 152 valence electrons. The summed E-state index contributed by atoms with van der Waals surface area (Å²) < 4.78 is 7.80. The van der Waals surface area contributed by atoms with Crippen molar-refractivity contribution in [1.29, 1.82) is 0 Å². The van der Waals surface area contributed by atoms with Crippen molar-refractivity contribution in [2.24, 2.45) is 18.0 Å². The molecule has 0 aliphatic carbocycles. The molecule has 0 radical (unpaired) electrons. The van der Waals surface area contributed by atoms with E-state index in [1.807, 2.05) is 24.1 Å². The van der Waals surface area contributed by atoms with Crippen molar-refractivity contribution < 1.29 is 4.74 Å². The minimum absolute atomic E-state index is 0.0612. The topological polar surface area (TPSA) is 57.9 Å². The SMILES string of the molecule is CCNC(=NCCCN1CCCC(C)C1)N1CCOC(c2cnn(C)c2)C1. The molecular weight excluding hydrogens is 340 g/mol. The highest BCUT2D eigenvalue weighted by Crippen LogP contribution is 2.21. The molecule has 2 unspecified atom stereocenters. The molecule has 2 fully saturated rings. The summed E-state index contributed by atoms with van der Waals surface area (Å²) >= 11 is 0. The Hall–Kier alpha value is -1.60. The lowest BCUT2D eigenvalue weighted by Gasteiger charge is -2.35. The van der Waals surface area contributed by atoms with E-state index in [4.69, 9.17) is 9.73 Å². The van der Waals surface area contributed by atoms with E-state index in [9.17, 15) is 0 Å². The van der Waals surface area contributed by atoms with Crippen molar-refractivity contribution in [2.75, 3.05) is 52.4 Å². The molecule has 7 nitrogen and oxygen atoms in total. The first-order chi connectivity index (χ1) is 13.2. The Morgan fingerprint density at radius 2 is 2.26 bits per heavy atom. The van der Waals surface area contributed by atoms with E-state index in [1.165, 1.54) is 25.9 Å². The van der Waals surface area contributed by atoms with E-state index in [2.05, 4.69) is 34.1 Å². The number of aliphatic imine (C=N–C) groups is 1. The second-order valence-electron chi connectivity index (χ2n) is 7.89. The van der Waals surface area contributed by atoms with Crippen LogP contribution in [-0.4, -0.2) is 78.0 Å². The molecule has 2 aliphatic heterocycles. The highest BCUT2D eigenvalue weighted by molar-refractivity contribution is 5.80. The minimum Gasteiger partial charge on any atom is -0.370 e. The lowest BCUT2D eigenvalue weighted by atomic mass is 10.0. The second-order valence-corrected chi connectivity index (χ2v) is 7.89. The molecule has 1 N–H and O–H groups in total. The number of rotatable bonds is 6. The Morgan fingerprint density at radius 1 is 1.37 bits per heavy atom. The van der Waals surface area contributed by atoms with Crippen molar-refractivity contribution >= 4 is 5.96 Å². The van der Waals surface area contributed by atoms with Gasteiger partial charge in [0.05, 0.1) is 19.3 Å². The molecule has 2 saturated heterocycles. The average Bonchev–Trinajstić information content (AvgIpc) is 3.11. The lowest BCUT2D eigenvalue weighted by molar-refractivity contribution is -0.00804. The summed E-state index contributed by atoms with van der Waals surface area (Å²) in [4.78, 5) is 9.83. The Morgan fingerprint density at radius 3 is 3.00 bits per heavy atom. The van der Waals surface area contributed by atoms with Crippen LogP contribution in [0.25, 0.3) is 0 Å². The number of guanidine groups is 1. The number of likely N-dealkylation sites (tertiary alicyclic amines) is 1. The van der Waals surface area contributed by atoms with Gasteiger partial charge in [0.25, 0.3) is 0 Å². The molecular formula is C20H36N6O. The molecule has 2 atom stereocenters. The standard InChI is InChI=1S/C20H36N6O/c1-4-21-20(22-8-6-10-25-9-5-7-17(2)14-25)26-11-12-27-19(16-26)18-13-23-24(3)15-18/h13,15,17,19H,4-12,14,16H2,1-3H3,(H,21,22). The van der Waals surface area contributed by atoms with Crippen LogP contribution in [0.2, 0.25) is 0 Å². The van der Waals surface area contributed by atoms with Crippen LogP contribution in [0.5, 0.6) is 0 Å². The van der Waals surface area contributed by atoms with Gasteiger partial charge in [-0.2, -0.15) is 5.10 Å².